The van der Waals surface area contributed by atoms with Gasteiger partial charge in [0.2, 0.25) is 0 Å². The minimum absolute atomic E-state index is 0.147. The molecule has 0 amide bonds. The number of carbonyl (C=O) groups is 2. The minimum Gasteiger partial charge on any atom is -0.462 e. The molecule has 0 rings (SSSR count). The van der Waals surface area contributed by atoms with Crippen LogP contribution in [0.4, 0.5) is 0 Å². The molecule has 0 aliphatic carbocycles. The summed E-state index contributed by atoms with van der Waals surface area (Å²) in [6.45, 7) is 2.36. The minimum atomic E-state index is -4.63. The zero-order valence-electron chi connectivity index (χ0n) is 41.7. The van der Waals surface area contributed by atoms with Crippen LogP contribution in [0.1, 0.15) is 245 Å². The second-order valence-electron chi connectivity index (χ2n) is 17.9. The molecule has 0 aromatic carbocycles. The maximum absolute atomic E-state index is 12.7. The molecule has 0 heterocycles. The number of rotatable bonds is 50. The second kappa shape index (κ2) is 49.8. The van der Waals surface area contributed by atoms with Crippen molar-refractivity contribution in [2.45, 2.75) is 257 Å². The topological polar surface area (TPSA) is 149 Å². The van der Waals surface area contributed by atoms with Crippen molar-refractivity contribution in [2.24, 2.45) is 0 Å². The van der Waals surface area contributed by atoms with Gasteiger partial charge in [0.25, 0.3) is 0 Å². The van der Waals surface area contributed by atoms with Crippen LogP contribution < -0.4 is 0 Å². The molecule has 0 saturated heterocycles. The summed E-state index contributed by atoms with van der Waals surface area (Å²) >= 11 is 0. The van der Waals surface area contributed by atoms with Crippen LogP contribution in [-0.2, 0) is 32.7 Å². The van der Waals surface area contributed by atoms with Crippen LogP contribution in [0.15, 0.2) is 48.6 Å². The van der Waals surface area contributed by atoms with Crippen LogP contribution in [-0.4, -0.2) is 65.7 Å². The smallest absolute Gasteiger partial charge is 0.462 e. The predicted octanol–water partition coefficient (Wildman–Crippen LogP) is 15.2. The van der Waals surface area contributed by atoms with Crippen molar-refractivity contribution in [2.75, 3.05) is 26.4 Å². The number of unbranched alkanes of at least 4 members (excludes halogenated alkanes) is 28. The van der Waals surface area contributed by atoms with E-state index in [0.717, 1.165) is 57.8 Å². The molecule has 380 valence electrons. The molecule has 0 bridgehead atoms. The first-order valence-corrected chi connectivity index (χ1v) is 28.1. The summed E-state index contributed by atoms with van der Waals surface area (Å²) < 4.78 is 32.9. The summed E-state index contributed by atoms with van der Waals surface area (Å²) in [6.07, 6.45) is 56.6. The van der Waals surface area contributed by atoms with Crippen molar-refractivity contribution >= 4 is 19.8 Å². The number of phosphoric acid groups is 1. The van der Waals surface area contributed by atoms with Gasteiger partial charge >= 0.3 is 19.8 Å². The molecule has 65 heavy (non-hydrogen) atoms. The molecule has 0 saturated carbocycles. The van der Waals surface area contributed by atoms with E-state index in [9.17, 15) is 24.2 Å². The van der Waals surface area contributed by atoms with E-state index in [0.29, 0.717) is 12.8 Å². The summed E-state index contributed by atoms with van der Waals surface area (Å²) in [4.78, 5) is 35.2. The van der Waals surface area contributed by atoms with Gasteiger partial charge in [0.05, 0.1) is 19.8 Å². The van der Waals surface area contributed by atoms with Crippen LogP contribution in [0.5, 0.6) is 0 Å². The Labute approximate surface area is 398 Å². The van der Waals surface area contributed by atoms with Crippen LogP contribution in [0.25, 0.3) is 0 Å². The van der Waals surface area contributed by atoms with Gasteiger partial charge < -0.3 is 24.6 Å². The molecule has 0 aromatic rings. The lowest BCUT2D eigenvalue weighted by atomic mass is 10.0. The molecule has 1 unspecified atom stereocenters. The maximum Gasteiger partial charge on any atom is 0.472 e. The van der Waals surface area contributed by atoms with Gasteiger partial charge in [0, 0.05) is 12.8 Å². The summed E-state index contributed by atoms with van der Waals surface area (Å²) in [5.41, 5.74) is 0. The number of esters is 2. The normalized spacial score (nSPS) is 14.0. The van der Waals surface area contributed by atoms with Crippen LogP contribution >= 0.6 is 7.82 Å². The Hall–Kier alpha value is -2.07. The Bertz CT molecular complexity index is 1220. The SMILES string of the molecule is CCCCC/C=C/C/C=C/C/C=C/C/C=C/CCCCCC(=O)O[C@H](COC(=O)CCCCCCCCCCCCCCCCCCCCCCCCC)COP(=O)(O)OC[C@@H](O)CO. The molecule has 3 atom stereocenters. The number of phosphoric ester groups is 1. The fourth-order valence-electron chi connectivity index (χ4n) is 7.39. The molecule has 0 aliphatic heterocycles. The fraction of sp³-hybridized carbons (Fsp3) is 0.815. The molecule has 0 aliphatic rings. The Morgan fingerprint density at radius 3 is 1.23 bits per heavy atom. The number of carbonyl (C=O) groups excluding carboxylic acids is 2. The molecule has 3 N–H and O–H groups in total. The van der Waals surface area contributed by atoms with E-state index in [1.807, 2.05) is 0 Å². The highest BCUT2D eigenvalue weighted by Crippen LogP contribution is 2.43. The molecular formula is C54H99O10P. The quantitative estimate of drug-likeness (QED) is 0.0233. The fourth-order valence-corrected chi connectivity index (χ4v) is 8.18. The third-order valence-corrected chi connectivity index (χ3v) is 12.4. The van der Waals surface area contributed by atoms with Crippen LogP contribution in [0.3, 0.4) is 0 Å². The van der Waals surface area contributed by atoms with Crippen molar-refractivity contribution in [3.8, 4) is 0 Å². The van der Waals surface area contributed by atoms with Crippen molar-refractivity contribution in [1.29, 1.82) is 0 Å². The van der Waals surface area contributed by atoms with Gasteiger partial charge in [-0.3, -0.25) is 18.6 Å². The number of ether oxygens (including phenoxy) is 2. The number of aliphatic hydroxyl groups excluding tert-OH is 2. The van der Waals surface area contributed by atoms with Crippen LogP contribution in [0.2, 0.25) is 0 Å². The average Bonchev–Trinajstić information content (AvgIpc) is 3.30. The number of allylic oxidation sites excluding steroid dienone is 8. The highest BCUT2D eigenvalue weighted by Gasteiger charge is 2.27. The molecule has 0 radical (unpaired) electrons. The van der Waals surface area contributed by atoms with E-state index in [4.69, 9.17) is 23.6 Å². The van der Waals surface area contributed by atoms with Gasteiger partial charge in [-0.2, -0.15) is 0 Å². The van der Waals surface area contributed by atoms with Gasteiger partial charge in [0.15, 0.2) is 6.10 Å². The van der Waals surface area contributed by atoms with Crippen molar-refractivity contribution in [3.63, 3.8) is 0 Å². The first-order chi connectivity index (χ1) is 31.7. The molecule has 0 spiro atoms. The van der Waals surface area contributed by atoms with Crippen LogP contribution in [0, 0.1) is 0 Å². The van der Waals surface area contributed by atoms with Gasteiger partial charge in [-0.25, -0.2) is 4.57 Å². The third-order valence-electron chi connectivity index (χ3n) is 11.5. The summed E-state index contributed by atoms with van der Waals surface area (Å²) in [7, 11) is -4.63. The van der Waals surface area contributed by atoms with E-state index in [2.05, 4.69) is 62.5 Å². The highest BCUT2D eigenvalue weighted by molar-refractivity contribution is 7.47. The molecule has 0 fully saturated rings. The van der Waals surface area contributed by atoms with Gasteiger partial charge in [0.1, 0.15) is 12.7 Å². The Kier molecular flexibility index (Phi) is 48.2. The van der Waals surface area contributed by atoms with E-state index < -0.39 is 51.8 Å². The van der Waals surface area contributed by atoms with Crippen molar-refractivity contribution in [3.05, 3.63) is 48.6 Å². The third kappa shape index (κ3) is 49.7. The first-order valence-electron chi connectivity index (χ1n) is 26.6. The monoisotopic (exact) mass is 939 g/mol. The lowest BCUT2D eigenvalue weighted by Crippen LogP contribution is -2.29. The Morgan fingerprint density at radius 1 is 0.462 bits per heavy atom. The maximum atomic E-state index is 12.7. The zero-order chi connectivity index (χ0) is 47.6. The highest BCUT2D eigenvalue weighted by atomic mass is 31.2. The lowest BCUT2D eigenvalue weighted by molar-refractivity contribution is -0.161. The van der Waals surface area contributed by atoms with E-state index in [1.54, 1.807) is 0 Å². The summed E-state index contributed by atoms with van der Waals surface area (Å²) in [5.74, 6) is -0.951. The molecule has 11 heteroatoms. The molecular weight excluding hydrogens is 840 g/mol. The van der Waals surface area contributed by atoms with Gasteiger partial charge in [-0.15, -0.1) is 0 Å². The second-order valence-corrected chi connectivity index (χ2v) is 19.4. The number of hydrogen-bond acceptors (Lipinski definition) is 9. The van der Waals surface area contributed by atoms with E-state index in [1.165, 1.54) is 148 Å². The lowest BCUT2D eigenvalue weighted by Gasteiger charge is -2.20. The van der Waals surface area contributed by atoms with Gasteiger partial charge in [-0.05, 0) is 57.8 Å². The molecule has 10 nitrogen and oxygen atoms in total. The van der Waals surface area contributed by atoms with Crippen molar-refractivity contribution in [1.82, 2.24) is 0 Å². The van der Waals surface area contributed by atoms with Crippen molar-refractivity contribution < 1.29 is 47.8 Å². The summed E-state index contributed by atoms with van der Waals surface area (Å²) in [6, 6.07) is 0. The number of hydrogen-bond donors (Lipinski definition) is 3. The number of aliphatic hydroxyl groups is 2. The predicted molar refractivity (Wildman–Crippen MR) is 270 cm³/mol. The van der Waals surface area contributed by atoms with E-state index in [-0.39, 0.29) is 19.4 Å². The zero-order valence-corrected chi connectivity index (χ0v) is 42.6. The van der Waals surface area contributed by atoms with E-state index >= 15 is 0 Å². The Morgan fingerprint density at radius 2 is 0.800 bits per heavy atom. The Balaban J connectivity index is 4.18. The van der Waals surface area contributed by atoms with Gasteiger partial charge in [-0.1, -0.05) is 223 Å². The standard InChI is InChI=1S/C54H99O10P/c1-3-5-7-9-11-13-15-17-19-21-23-24-25-26-28-29-31-33-35-37-39-41-43-45-53(57)61-49-52(50-63-65(59,60)62-48-51(56)47-55)64-54(58)46-44-42-40-38-36-34-32-30-27-22-20-18-16-14-12-10-8-6-4-2/h12,14,18,20,27,30,34,36,51-52,55-56H,3-11,13,15-17,19,21-26,28-29,31-33,35,37-50H2,1-2H3,(H,59,60)/b14-12+,20-18+,30-27+,36-34+/t51-,52+/m0/s1. The first kappa shape index (κ1) is 62.9. The summed E-state index contributed by atoms with van der Waals surface area (Å²) in [5, 5.41) is 18.4. The largest absolute Gasteiger partial charge is 0.472 e. The average molecular weight is 939 g/mol. The molecule has 0 aromatic heterocycles.